The molecule has 0 aliphatic carbocycles. The van der Waals surface area contributed by atoms with Gasteiger partial charge in [-0.25, -0.2) is 0 Å². The van der Waals surface area contributed by atoms with Crippen LogP contribution in [0.15, 0.2) is 54.6 Å². The van der Waals surface area contributed by atoms with Gasteiger partial charge in [-0.3, -0.25) is 9.78 Å². The van der Waals surface area contributed by atoms with Gasteiger partial charge in [0.1, 0.15) is 0 Å². The molecular formula is C21H21N3O. The van der Waals surface area contributed by atoms with E-state index in [0.29, 0.717) is 17.2 Å². The van der Waals surface area contributed by atoms with Crippen LogP contribution in [0.1, 0.15) is 34.0 Å². The molecule has 0 bridgehead atoms. The molecule has 4 nitrogen and oxygen atoms in total. The quantitative estimate of drug-likeness (QED) is 0.797. The number of aromatic nitrogens is 1. The van der Waals surface area contributed by atoms with Gasteiger partial charge in [0.2, 0.25) is 0 Å². The van der Waals surface area contributed by atoms with Crippen molar-refractivity contribution in [3.63, 3.8) is 0 Å². The third-order valence-electron chi connectivity index (χ3n) is 5.07. The van der Waals surface area contributed by atoms with E-state index in [1.807, 2.05) is 37.3 Å². The minimum Gasteiger partial charge on any atom is -0.370 e. The lowest BCUT2D eigenvalue weighted by Gasteiger charge is -2.24. The number of rotatable bonds is 3. The molecule has 2 N–H and O–H groups in total. The van der Waals surface area contributed by atoms with Crippen LogP contribution in [0.25, 0.3) is 10.9 Å². The van der Waals surface area contributed by atoms with Gasteiger partial charge in [0.25, 0.3) is 5.91 Å². The minimum absolute atomic E-state index is 0.408. The molecule has 0 radical (unpaired) electrons. The molecule has 1 unspecified atom stereocenters. The zero-order valence-corrected chi connectivity index (χ0v) is 14.3. The number of benzene rings is 2. The fraction of sp³-hybridized carbons (Fsp3) is 0.238. The monoisotopic (exact) mass is 331 g/mol. The molecule has 25 heavy (non-hydrogen) atoms. The van der Waals surface area contributed by atoms with Crippen molar-refractivity contribution in [3.8, 4) is 0 Å². The van der Waals surface area contributed by atoms with Crippen LogP contribution in [0, 0.1) is 6.92 Å². The molecule has 1 amide bonds. The zero-order valence-electron chi connectivity index (χ0n) is 14.3. The Morgan fingerprint density at radius 1 is 1.12 bits per heavy atom. The van der Waals surface area contributed by atoms with E-state index in [1.54, 1.807) is 0 Å². The van der Waals surface area contributed by atoms with Gasteiger partial charge >= 0.3 is 0 Å². The molecule has 4 rings (SSSR count). The smallest absolute Gasteiger partial charge is 0.252 e. The number of pyridine rings is 1. The van der Waals surface area contributed by atoms with Crippen molar-refractivity contribution in [1.29, 1.82) is 0 Å². The Kier molecular flexibility index (Phi) is 3.88. The maximum atomic E-state index is 12.2. The first-order chi connectivity index (χ1) is 12.1. The van der Waals surface area contributed by atoms with Gasteiger partial charge in [-0.05, 0) is 25.0 Å². The molecule has 1 aromatic heterocycles. The summed E-state index contributed by atoms with van der Waals surface area (Å²) in [4.78, 5) is 19.0. The summed E-state index contributed by atoms with van der Waals surface area (Å²) in [6.45, 7) is 3.66. The number of fused-ring (bicyclic) bond motifs is 1. The van der Waals surface area contributed by atoms with Crippen molar-refractivity contribution in [2.75, 3.05) is 18.0 Å². The summed E-state index contributed by atoms with van der Waals surface area (Å²) >= 11 is 0. The summed E-state index contributed by atoms with van der Waals surface area (Å²) < 4.78 is 0. The highest BCUT2D eigenvalue weighted by atomic mass is 16.1. The van der Waals surface area contributed by atoms with Crippen molar-refractivity contribution >= 4 is 22.5 Å². The van der Waals surface area contributed by atoms with E-state index >= 15 is 0 Å². The van der Waals surface area contributed by atoms with Gasteiger partial charge in [0.15, 0.2) is 0 Å². The van der Waals surface area contributed by atoms with Gasteiger partial charge in [-0.15, -0.1) is 0 Å². The second-order valence-electron chi connectivity index (χ2n) is 6.64. The third kappa shape index (κ3) is 2.74. The number of amides is 1. The number of carbonyl (C=O) groups excluding carboxylic acids is 1. The van der Waals surface area contributed by atoms with Gasteiger partial charge < -0.3 is 10.6 Å². The second-order valence-corrected chi connectivity index (χ2v) is 6.64. The number of carbonyl (C=O) groups is 1. The second kappa shape index (κ2) is 6.20. The number of aryl methyl sites for hydroxylation is 1. The number of hydrogen-bond donors (Lipinski definition) is 1. The molecule has 3 aromatic rings. The van der Waals surface area contributed by atoms with E-state index in [2.05, 4.69) is 34.1 Å². The molecule has 2 aromatic carbocycles. The van der Waals surface area contributed by atoms with Crippen LogP contribution >= 0.6 is 0 Å². The summed E-state index contributed by atoms with van der Waals surface area (Å²) in [6.07, 6.45) is 1.07. The fourth-order valence-corrected chi connectivity index (χ4v) is 3.90. The molecule has 4 heteroatoms. The number of para-hydroxylation sites is 1. The standard InChI is InChI=1S/C21H21N3O/c1-14-19(21(22)25)20(17-9-5-6-10-18(17)23-14)24-12-11-16(13-24)15-7-3-2-4-8-15/h2-10,16H,11-13H2,1H3,(H2,22,25). The Morgan fingerprint density at radius 2 is 1.84 bits per heavy atom. The predicted octanol–water partition coefficient (Wildman–Crippen LogP) is 3.64. The van der Waals surface area contributed by atoms with Gasteiger partial charge in [-0.1, -0.05) is 48.5 Å². The van der Waals surface area contributed by atoms with Crippen LogP contribution in [0.3, 0.4) is 0 Å². The van der Waals surface area contributed by atoms with Crippen LogP contribution in [0.4, 0.5) is 5.69 Å². The summed E-state index contributed by atoms with van der Waals surface area (Å²) in [6, 6.07) is 18.5. The summed E-state index contributed by atoms with van der Waals surface area (Å²) in [5.74, 6) is 0.0584. The maximum absolute atomic E-state index is 12.2. The summed E-state index contributed by atoms with van der Waals surface area (Å²) in [5, 5.41) is 0.996. The predicted molar refractivity (Wildman–Crippen MR) is 101 cm³/mol. The molecule has 126 valence electrons. The fourth-order valence-electron chi connectivity index (χ4n) is 3.90. The largest absolute Gasteiger partial charge is 0.370 e. The zero-order chi connectivity index (χ0) is 17.4. The van der Waals surface area contributed by atoms with Gasteiger partial charge in [-0.2, -0.15) is 0 Å². The molecule has 2 heterocycles. The highest BCUT2D eigenvalue weighted by molar-refractivity contribution is 6.08. The lowest BCUT2D eigenvalue weighted by molar-refractivity contribution is 0.1000. The molecule has 1 atom stereocenters. The Labute approximate surface area is 147 Å². The molecule has 1 aliphatic heterocycles. The van der Waals surface area contributed by atoms with Crippen molar-refractivity contribution < 1.29 is 4.79 Å². The van der Waals surface area contributed by atoms with Crippen LogP contribution in [0.2, 0.25) is 0 Å². The molecule has 0 spiro atoms. The lowest BCUT2D eigenvalue weighted by Crippen LogP contribution is -2.25. The Bertz CT molecular complexity index is 937. The van der Waals surface area contributed by atoms with E-state index in [0.717, 1.165) is 36.1 Å². The average Bonchev–Trinajstić information content (AvgIpc) is 3.10. The number of nitrogens with zero attached hydrogens (tertiary/aromatic N) is 2. The topological polar surface area (TPSA) is 59.2 Å². The first-order valence-electron chi connectivity index (χ1n) is 8.64. The molecule has 1 fully saturated rings. The summed E-state index contributed by atoms with van der Waals surface area (Å²) in [7, 11) is 0. The van der Waals surface area contributed by atoms with E-state index in [1.165, 1.54) is 5.56 Å². The van der Waals surface area contributed by atoms with Crippen molar-refractivity contribution in [2.45, 2.75) is 19.3 Å². The van der Waals surface area contributed by atoms with Crippen molar-refractivity contribution in [3.05, 3.63) is 71.4 Å². The Balaban J connectivity index is 1.81. The first kappa shape index (κ1) is 15.6. The SMILES string of the molecule is Cc1nc2ccccc2c(N2CCC(c3ccccc3)C2)c1C(N)=O. The first-order valence-corrected chi connectivity index (χ1v) is 8.64. The average molecular weight is 331 g/mol. The van der Waals surface area contributed by atoms with Crippen LogP contribution < -0.4 is 10.6 Å². The van der Waals surface area contributed by atoms with E-state index < -0.39 is 5.91 Å². The Hall–Kier alpha value is -2.88. The van der Waals surface area contributed by atoms with Gasteiger partial charge in [0, 0.05) is 24.4 Å². The highest BCUT2D eigenvalue weighted by Crippen LogP contribution is 2.37. The third-order valence-corrected chi connectivity index (χ3v) is 5.07. The normalized spacial score (nSPS) is 17.2. The van der Waals surface area contributed by atoms with Gasteiger partial charge in [0.05, 0.1) is 22.5 Å². The van der Waals surface area contributed by atoms with Crippen molar-refractivity contribution in [2.24, 2.45) is 5.73 Å². The molecule has 0 saturated carbocycles. The van der Waals surface area contributed by atoms with E-state index in [4.69, 9.17) is 5.73 Å². The van der Waals surface area contributed by atoms with E-state index in [-0.39, 0.29) is 0 Å². The highest BCUT2D eigenvalue weighted by Gasteiger charge is 2.29. The molecular weight excluding hydrogens is 310 g/mol. The van der Waals surface area contributed by atoms with Crippen LogP contribution in [0.5, 0.6) is 0 Å². The number of hydrogen-bond acceptors (Lipinski definition) is 3. The molecule has 1 aliphatic rings. The Morgan fingerprint density at radius 3 is 2.60 bits per heavy atom. The lowest BCUT2D eigenvalue weighted by atomic mass is 9.98. The number of anilines is 1. The van der Waals surface area contributed by atoms with E-state index in [9.17, 15) is 4.79 Å². The molecule has 1 saturated heterocycles. The number of primary amides is 1. The minimum atomic E-state index is -0.408. The maximum Gasteiger partial charge on any atom is 0.252 e. The summed E-state index contributed by atoms with van der Waals surface area (Å²) in [5.41, 5.74) is 10.2. The number of nitrogens with two attached hydrogens (primary N) is 1. The van der Waals surface area contributed by atoms with Crippen LogP contribution in [-0.4, -0.2) is 24.0 Å². The van der Waals surface area contributed by atoms with Crippen molar-refractivity contribution in [1.82, 2.24) is 4.98 Å². The van der Waals surface area contributed by atoms with Crippen LogP contribution in [-0.2, 0) is 0 Å².